The SMILES string of the molecule is CSCC[C@H](NC(=O)[C@H](CCCCN)NC(=O)[C@@H](N)CS)C(=O)N[C@@H](CS)C(=O)O. The number of hydrogen-bond acceptors (Lipinski definition) is 9. The van der Waals surface area contributed by atoms with Crippen molar-refractivity contribution in [1.29, 1.82) is 0 Å². The molecule has 0 aliphatic rings. The number of rotatable bonds is 16. The number of carboxylic acids is 1. The first-order valence-corrected chi connectivity index (χ1v) is 12.2. The molecule has 0 unspecified atom stereocenters. The van der Waals surface area contributed by atoms with Crippen molar-refractivity contribution in [2.75, 3.05) is 30.1 Å². The van der Waals surface area contributed by atoms with E-state index < -0.39 is 47.9 Å². The third kappa shape index (κ3) is 11.3. The number of aliphatic carboxylic acids is 1. The Kier molecular flexibility index (Phi) is 15.9. The Labute approximate surface area is 192 Å². The first-order chi connectivity index (χ1) is 14.2. The maximum atomic E-state index is 12.8. The van der Waals surface area contributed by atoms with E-state index in [1.807, 2.05) is 6.26 Å². The van der Waals surface area contributed by atoms with Crippen molar-refractivity contribution in [2.45, 2.75) is 49.9 Å². The maximum absolute atomic E-state index is 12.8. The highest BCUT2D eigenvalue weighted by Gasteiger charge is 2.29. The van der Waals surface area contributed by atoms with Crippen LogP contribution in [0.5, 0.6) is 0 Å². The molecule has 0 radical (unpaired) electrons. The lowest BCUT2D eigenvalue weighted by Crippen LogP contribution is -2.57. The predicted molar refractivity (Wildman–Crippen MR) is 125 cm³/mol. The van der Waals surface area contributed by atoms with Crippen molar-refractivity contribution in [3.8, 4) is 0 Å². The fraction of sp³-hybridized carbons (Fsp3) is 0.765. The molecule has 0 aromatic rings. The van der Waals surface area contributed by atoms with Crippen molar-refractivity contribution in [2.24, 2.45) is 11.5 Å². The van der Waals surface area contributed by atoms with E-state index in [9.17, 15) is 19.2 Å². The Hall–Kier alpha value is -1.15. The lowest BCUT2D eigenvalue weighted by atomic mass is 10.1. The number of carbonyl (C=O) groups is 4. The molecule has 0 saturated carbocycles. The summed E-state index contributed by atoms with van der Waals surface area (Å²) in [7, 11) is 0. The minimum Gasteiger partial charge on any atom is -0.480 e. The van der Waals surface area contributed by atoms with Crippen LogP contribution in [0.1, 0.15) is 25.7 Å². The number of carboxylic acid groups (broad SMARTS) is 1. The van der Waals surface area contributed by atoms with Crippen molar-refractivity contribution >= 4 is 60.7 Å². The zero-order valence-corrected chi connectivity index (χ0v) is 19.6. The molecule has 0 saturated heterocycles. The van der Waals surface area contributed by atoms with E-state index in [0.29, 0.717) is 31.6 Å². The van der Waals surface area contributed by atoms with E-state index in [-0.39, 0.29) is 17.9 Å². The van der Waals surface area contributed by atoms with E-state index in [4.69, 9.17) is 16.6 Å². The van der Waals surface area contributed by atoms with Crippen molar-refractivity contribution in [3.63, 3.8) is 0 Å². The first kappa shape index (κ1) is 28.9. The second-order valence-corrected chi connectivity index (χ2v) is 8.28. The fourth-order valence-electron chi connectivity index (χ4n) is 2.36. The zero-order chi connectivity index (χ0) is 23.1. The van der Waals surface area contributed by atoms with Crippen LogP contribution in [0.2, 0.25) is 0 Å². The highest BCUT2D eigenvalue weighted by molar-refractivity contribution is 7.98. The Bertz CT molecular complexity index is 570. The minimum atomic E-state index is -1.22. The van der Waals surface area contributed by atoms with Gasteiger partial charge in [0.05, 0.1) is 6.04 Å². The van der Waals surface area contributed by atoms with E-state index in [0.717, 1.165) is 0 Å². The van der Waals surface area contributed by atoms with Crippen LogP contribution in [-0.2, 0) is 19.2 Å². The third-order valence-corrected chi connectivity index (χ3v) is 5.56. The van der Waals surface area contributed by atoms with Crippen LogP contribution in [0, 0.1) is 0 Å². The normalized spacial score (nSPS) is 14.8. The number of hydrogen-bond donors (Lipinski definition) is 8. The summed E-state index contributed by atoms with van der Waals surface area (Å²) in [6.07, 6.45) is 3.71. The summed E-state index contributed by atoms with van der Waals surface area (Å²) in [5, 5.41) is 16.7. The van der Waals surface area contributed by atoms with E-state index >= 15 is 0 Å². The lowest BCUT2D eigenvalue weighted by Gasteiger charge is -2.25. The summed E-state index contributed by atoms with van der Waals surface area (Å²) in [5.41, 5.74) is 11.2. The van der Waals surface area contributed by atoms with Crippen LogP contribution in [0.15, 0.2) is 0 Å². The smallest absolute Gasteiger partial charge is 0.327 e. The number of nitrogens with two attached hydrogens (primary N) is 2. The largest absolute Gasteiger partial charge is 0.480 e. The van der Waals surface area contributed by atoms with Gasteiger partial charge in [-0.05, 0) is 44.2 Å². The van der Waals surface area contributed by atoms with Gasteiger partial charge in [0.1, 0.15) is 18.1 Å². The molecule has 0 aromatic carbocycles. The number of thiol groups is 2. The zero-order valence-electron chi connectivity index (χ0n) is 17.0. The van der Waals surface area contributed by atoms with Crippen LogP contribution in [0.4, 0.5) is 0 Å². The number of amides is 3. The van der Waals surface area contributed by atoms with Gasteiger partial charge in [-0.25, -0.2) is 4.79 Å². The van der Waals surface area contributed by atoms with Crippen molar-refractivity contribution in [3.05, 3.63) is 0 Å². The summed E-state index contributed by atoms with van der Waals surface area (Å²) in [6.45, 7) is 0.442. The Balaban J connectivity index is 5.29. The molecular formula is C17H33N5O5S3. The Morgan fingerprint density at radius 2 is 1.43 bits per heavy atom. The molecule has 0 aliphatic carbocycles. The standard InChI is InChI=1S/C17H33N5O5S3/c1-30-7-5-12(16(25)22-13(9-29)17(26)27)21-15(24)11(4-2-3-6-18)20-14(23)10(19)8-28/h10-13,28-29H,2-9,18-19H2,1H3,(H,20,23)(H,21,24)(H,22,25)(H,26,27)/t10-,11-,12-,13-/m0/s1. The van der Waals surface area contributed by atoms with Gasteiger partial charge < -0.3 is 32.5 Å². The maximum Gasteiger partial charge on any atom is 0.327 e. The fourth-order valence-corrected chi connectivity index (χ4v) is 3.24. The molecule has 0 aliphatic heterocycles. The van der Waals surface area contributed by atoms with Crippen LogP contribution in [0.25, 0.3) is 0 Å². The van der Waals surface area contributed by atoms with Crippen LogP contribution >= 0.6 is 37.0 Å². The van der Waals surface area contributed by atoms with Gasteiger partial charge in [-0.2, -0.15) is 37.0 Å². The quantitative estimate of drug-likeness (QED) is 0.0975. The minimum absolute atomic E-state index is 0.0936. The molecule has 174 valence electrons. The molecule has 0 heterocycles. The molecule has 0 bridgehead atoms. The molecule has 0 fully saturated rings. The lowest BCUT2D eigenvalue weighted by molar-refractivity contribution is -0.141. The van der Waals surface area contributed by atoms with Gasteiger partial charge in [-0.1, -0.05) is 0 Å². The monoisotopic (exact) mass is 483 g/mol. The number of thioether (sulfide) groups is 1. The molecule has 3 amide bonds. The topological polar surface area (TPSA) is 177 Å². The molecule has 0 aromatic heterocycles. The average molecular weight is 484 g/mol. The van der Waals surface area contributed by atoms with Crippen LogP contribution < -0.4 is 27.4 Å². The van der Waals surface area contributed by atoms with Gasteiger partial charge in [-0.15, -0.1) is 0 Å². The Morgan fingerprint density at radius 1 is 0.900 bits per heavy atom. The summed E-state index contributed by atoms with van der Waals surface area (Å²) in [4.78, 5) is 48.7. The molecule has 4 atom stereocenters. The highest BCUT2D eigenvalue weighted by Crippen LogP contribution is 2.06. The van der Waals surface area contributed by atoms with Crippen molar-refractivity contribution in [1.82, 2.24) is 16.0 Å². The number of nitrogens with one attached hydrogen (secondary N) is 3. The van der Waals surface area contributed by atoms with E-state index in [2.05, 4.69) is 41.2 Å². The third-order valence-electron chi connectivity index (χ3n) is 4.15. The number of unbranched alkanes of at least 4 members (excludes halogenated alkanes) is 1. The van der Waals surface area contributed by atoms with Gasteiger partial charge in [-0.3, -0.25) is 14.4 Å². The molecule has 8 N–H and O–H groups in total. The van der Waals surface area contributed by atoms with E-state index in [1.165, 1.54) is 11.8 Å². The van der Waals surface area contributed by atoms with Crippen molar-refractivity contribution < 1.29 is 24.3 Å². The molecule has 0 rings (SSSR count). The second-order valence-electron chi connectivity index (χ2n) is 6.56. The summed E-state index contributed by atoms with van der Waals surface area (Å²) in [6, 6.07) is -3.91. The summed E-state index contributed by atoms with van der Waals surface area (Å²) < 4.78 is 0. The average Bonchev–Trinajstić information content (AvgIpc) is 2.72. The number of carbonyl (C=O) groups excluding carboxylic acids is 3. The van der Waals surface area contributed by atoms with Crippen LogP contribution in [0.3, 0.4) is 0 Å². The molecular weight excluding hydrogens is 450 g/mol. The predicted octanol–water partition coefficient (Wildman–Crippen LogP) is -1.41. The van der Waals surface area contributed by atoms with Gasteiger partial charge >= 0.3 is 5.97 Å². The Morgan fingerprint density at radius 3 is 1.90 bits per heavy atom. The van der Waals surface area contributed by atoms with Gasteiger partial charge in [0.15, 0.2) is 0 Å². The summed E-state index contributed by atoms with van der Waals surface area (Å²) >= 11 is 9.38. The first-order valence-electron chi connectivity index (χ1n) is 9.51. The molecule has 10 nitrogen and oxygen atoms in total. The second kappa shape index (κ2) is 16.5. The van der Waals surface area contributed by atoms with Gasteiger partial charge in [0, 0.05) is 11.5 Å². The van der Waals surface area contributed by atoms with E-state index in [1.54, 1.807) is 0 Å². The molecule has 0 spiro atoms. The molecule has 30 heavy (non-hydrogen) atoms. The van der Waals surface area contributed by atoms with Crippen LogP contribution in [-0.4, -0.2) is 83.0 Å². The molecule has 13 heteroatoms. The van der Waals surface area contributed by atoms with Gasteiger partial charge in [0.25, 0.3) is 0 Å². The van der Waals surface area contributed by atoms with Gasteiger partial charge in [0.2, 0.25) is 17.7 Å². The summed E-state index contributed by atoms with van der Waals surface area (Å²) in [5.74, 6) is -2.34. The highest BCUT2D eigenvalue weighted by atomic mass is 32.2.